The number of allylic oxidation sites excluding steroid dienone is 4. The molecule has 287 valence electrons. The number of nitrogens with zero attached hydrogens (tertiary/aromatic N) is 4. The molecule has 0 aliphatic carbocycles. The summed E-state index contributed by atoms with van der Waals surface area (Å²) in [5.74, 6) is 0. The van der Waals surface area contributed by atoms with Crippen molar-refractivity contribution < 1.29 is 13.1 Å². The fourth-order valence-electron chi connectivity index (χ4n) is 8.62. The van der Waals surface area contributed by atoms with Crippen molar-refractivity contribution in [1.29, 1.82) is 0 Å². The van der Waals surface area contributed by atoms with E-state index in [4.69, 9.17) is 40.1 Å². The van der Waals surface area contributed by atoms with Gasteiger partial charge in [0.05, 0.1) is 34.2 Å². The fourth-order valence-corrected chi connectivity index (χ4v) is 8.62. The van der Waals surface area contributed by atoms with E-state index in [2.05, 4.69) is 169 Å². The number of aliphatic imine (C=N–C) groups is 2. The molecule has 3 aliphatic heterocycles. The summed E-state index contributed by atoms with van der Waals surface area (Å²) >= 11 is 0.194. The quantitative estimate of drug-likeness (QED) is 0.166. The molecule has 0 N–H and O–H groups in total. The number of hydrogen-bond donors (Lipinski definition) is 0. The molecule has 0 radical (unpaired) electrons. The Balaban J connectivity index is 0.00000152. The molecule has 6 aromatic rings. The summed E-state index contributed by atoms with van der Waals surface area (Å²) in [6.45, 7) is 13.1. The number of fused-ring (bicyclic) bond motifs is 6. The first-order valence-electron chi connectivity index (χ1n) is 19.2. The van der Waals surface area contributed by atoms with Crippen LogP contribution in [0.2, 0.25) is 0 Å². The van der Waals surface area contributed by atoms with E-state index < -0.39 is 0 Å². The number of rotatable bonds is 4. The first kappa shape index (κ1) is 39.3. The van der Waals surface area contributed by atoms with Gasteiger partial charge in [-0.1, -0.05) is 114 Å². The Morgan fingerprint density at radius 2 is 0.828 bits per heavy atom. The van der Waals surface area contributed by atoms with Gasteiger partial charge >= 0.3 is 33.3 Å². The first-order valence-corrected chi connectivity index (χ1v) is 22.2. The molecule has 4 aromatic carbocycles. The Kier molecular flexibility index (Phi) is 11.3. The predicted molar refractivity (Wildman–Crippen MR) is 239 cm³/mol. The third kappa shape index (κ3) is 7.59. The Morgan fingerprint density at radius 3 is 1.21 bits per heavy atom. The van der Waals surface area contributed by atoms with Gasteiger partial charge in [0.1, 0.15) is 0 Å². The molecular formula is C51H41Cl2FeN4. The van der Waals surface area contributed by atoms with Crippen LogP contribution in [0.15, 0.2) is 161 Å². The molecule has 5 heterocycles. The summed E-state index contributed by atoms with van der Waals surface area (Å²) in [6.07, 6.45) is 8.56. The zero-order valence-corrected chi connectivity index (χ0v) is 35.8. The summed E-state index contributed by atoms with van der Waals surface area (Å²) in [4.78, 5) is 21.9. The van der Waals surface area contributed by atoms with Crippen molar-refractivity contribution in [3.63, 3.8) is 0 Å². The zero-order valence-electron chi connectivity index (χ0n) is 33.2. The molecule has 7 heteroatoms. The van der Waals surface area contributed by atoms with Crippen LogP contribution >= 0.6 is 20.2 Å². The second kappa shape index (κ2) is 16.7. The molecule has 0 amide bonds. The Bertz CT molecular complexity index is 2690. The minimum absolute atomic E-state index is 0.194. The van der Waals surface area contributed by atoms with Gasteiger partial charge in [0.15, 0.2) is 0 Å². The van der Waals surface area contributed by atoms with Gasteiger partial charge in [-0.2, -0.15) is 0 Å². The van der Waals surface area contributed by atoms with Gasteiger partial charge in [-0.05, 0) is 134 Å². The Labute approximate surface area is 355 Å². The van der Waals surface area contributed by atoms with Crippen molar-refractivity contribution in [2.45, 2.75) is 41.5 Å². The van der Waals surface area contributed by atoms with Crippen LogP contribution in [0.4, 0.5) is 0 Å². The SMILES string of the molecule is Cc1cc(C)c(C2=C3C=CC(=N3)C(c3ccccc3)=c3ccc([n-]3)=C(c3ccccc3)C3=NC(=C(c4c(C)cc(C)cc4C)c4cccc2n4)C=C3)c(C)c1.[Cl][Fe+][Cl]. The van der Waals surface area contributed by atoms with E-state index in [1.807, 2.05) is 12.1 Å². The van der Waals surface area contributed by atoms with Gasteiger partial charge in [0.25, 0.3) is 0 Å². The molecule has 0 saturated carbocycles. The van der Waals surface area contributed by atoms with E-state index in [-0.39, 0.29) is 13.1 Å². The molecule has 3 aliphatic rings. The standard InChI is InChI=1S/C51H41N4.2ClH.Fe/c1-30-26-32(3)46(33(4)27-30)50-38-18-13-19-39(52-38)51(47-34(5)28-31(2)29-35(47)6)45-25-23-43(55-45)49(37-16-11-8-12-17-37)41-21-20-40(53-41)48(36-14-9-7-10-15-36)42-22-24-44(50)54-42;;;/h7-29H,1-6H3;2*1H;/q-1;;;+3/p-2. The average molecular weight is 837 g/mol. The predicted octanol–water partition coefficient (Wildman–Crippen LogP) is 10.9. The number of pyridine rings is 1. The van der Waals surface area contributed by atoms with E-state index in [1.54, 1.807) is 0 Å². The molecule has 0 saturated heterocycles. The average Bonchev–Trinajstić information content (AvgIpc) is 3.99. The van der Waals surface area contributed by atoms with Crippen molar-refractivity contribution in [2.75, 3.05) is 0 Å². The second-order valence-corrected chi connectivity index (χ2v) is 16.7. The van der Waals surface area contributed by atoms with Gasteiger partial charge in [-0.25, -0.2) is 15.0 Å². The Morgan fingerprint density at radius 1 is 0.448 bits per heavy atom. The summed E-state index contributed by atoms with van der Waals surface area (Å²) in [5.41, 5.74) is 20.8. The van der Waals surface area contributed by atoms with Crippen molar-refractivity contribution >= 4 is 53.9 Å². The first-order chi connectivity index (χ1) is 28.1. The maximum absolute atomic E-state index is 5.58. The second-order valence-electron chi connectivity index (χ2n) is 14.9. The van der Waals surface area contributed by atoms with Gasteiger partial charge in [-0.3, -0.25) is 0 Å². The van der Waals surface area contributed by atoms with Crippen LogP contribution in [0.25, 0.3) is 22.3 Å². The molecule has 0 fully saturated rings. The van der Waals surface area contributed by atoms with E-state index in [0.717, 1.165) is 89.4 Å². The van der Waals surface area contributed by atoms with E-state index in [0.29, 0.717) is 0 Å². The summed E-state index contributed by atoms with van der Waals surface area (Å²) in [5, 5.41) is 1.72. The van der Waals surface area contributed by atoms with Crippen LogP contribution in [-0.2, 0) is 13.1 Å². The summed E-state index contributed by atoms with van der Waals surface area (Å²) in [7, 11) is 9.53. The molecule has 8 bridgehead atoms. The molecule has 0 unspecified atom stereocenters. The molecule has 9 rings (SSSR count). The van der Waals surface area contributed by atoms with E-state index in [9.17, 15) is 0 Å². The minimum atomic E-state index is 0.194. The van der Waals surface area contributed by atoms with Crippen LogP contribution in [0.1, 0.15) is 67.0 Å². The third-order valence-electron chi connectivity index (χ3n) is 10.7. The summed E-state index contributed by atoms with van der Waals surface area (Å²) in [6, 6.07) is 40.6. The number of halogens is 2. The van der Waals surface area contributed by atoms with Crippen LogP contribution in [-0.4, -0.2) is 16.4 Å². The van der Waals surface area contributed by atoms with Crippen LogP contribution < -0.4 is 15.7 Å². The number of benzene rings is 4. The fraction of sp³-hybridized carbons (Fsp3) is 0.118. The molecule has 2 aromatic heterocycles. The number of hydrogen-bond acceptors (Lipinski definition) is 3. The van der Waals surface area contributed by atoms with Crippen LogP contribution in [0.5, 0.6) is 0 Å². The Hall–Kier alpha value is -5.55. The molecule has 0 spiro atoms. The van der Waals surface area contributed by atoms with Gasteiger partial charge in [0.2, 0.25) is 0 Å². The molecule has 58 heavy (non-hydrogen) atoms. The van der Waals surface area contributed by atoms with E-state index in [1.165, 1.54) is 33.4 Å². The van der Waals surface area contributed by atoms with Gasteiger partial charge in [0, 0.05) is 11.1 Å². The molecule has 4 nitrogen and oxygen atoms in total. The zero-order chi connectivity index (χ0) is 40.5. The van der Waals surface area contributed by atoms with Crippen molar-refractivity contribution in [1.82, 2.24) is 9.97 Å². The molecular weight excluding hydrogens is 795 g/mol. The van der Waals surface area contributed by atoms with E-state index >= 15 is 0 Å². The van der Waals surface area contributed by atoms with Gasteiger partial charge in [-0.15, -0.1) is 10.7 Å². The monoisotopic (exact) mass is 835 g/mol. The van der Waals surface area contributed by atoms with Crippen molar-refractivity contribution in [3.8, 4) is 0 Å². The maximum atomic E-state index is 5.58. The van der Waals surface area contributed by atoms with Crippen molar-refractivity contribution in [3.05, 3.63) is 229 Å². The molecule has 0 atom stereocenters. The topological polar surface area (TPSA) is 51.7 Å². The number of aryl methyl sites for hydroxylation is 6. The number of aromatic nitrogens is 2. The third-order valence-corrected chi connectivity index (χ3v) is 10.7. The van der Waals surface area contributed by atoms with Crippen LogP contribution in [0.3, 0.4) is 0 Å². The van der Waals surface area contributed by atoms with Crippen LogP contribution in [0, 0.1) is 41.5 Å². The van der Waals surface area contributed by atoms with Crippen molar-refractivity contribution in [2.24, 2.45) is 9.98 Å². The van der Waals surface area contributed by atoms with Gasteiger partial charge < -0.3 is 4.98 Å². The summed E-state index contributed by atoms with van der Waals surface area (Å²) < 4.78 is 0. The normalized spacial score (nSPS) is 14.5.